The number of nitrogens with two attached hydrogens (primary N) is 1. The molecule has 2 heterocycles. The van der Waals surface area contributed by atoms with Crippen LogP contribution in [0.5, 0.6) is 11.5 Å². The molecule has 37 heavy (non-hydrogen) atoms. The van der Waals surface area contributed by atoms with Gasteiger partial charge in [0.1, 0.15) is 22.9 Å². The molecule has 4 rings (SSSR count). The Morgan fingerprint density at radius 2 is 1.46 bits per heavy atom. The van der Waals surface area contributed by atoms with Gasteiger partial charge in [0.15, 0.2) is 6.29 Å². The van der Waals surface area contributed by atoms with Gasteiger partial charge in [-0.25, -0.2) is 20.8 Å². The lowest BCUT2D eigenvalue weighted by Gasteiger charge is -2.34. The van der Waals surface area contributed by atoms with Gasteiger partial charge in [-0.1, -0.05) is 24.3 Å². The molecule has 196 valence electrons. The van der Waals surface area contributed by atoms with Crippen LogP contribution >= 0.6 is 0 Å². The molecule has 0 radical (unpaired) electrons. The van der Waals surface area contributed by atoms with Crippen molar-refractivity contribution in [1.82, 2.24) is 15.3 Å². The van der Waals surface area contributed by atoms with Crippen molar-refractivity contribution in [3.05, 3.63) is 71.0 Å². The lowest BCUT2D eigenvalue weighted by Crippen LogP contribution is -2.53. The third kappa shape index (κ3) is 6.33. The van der Waals surface area contributed by atoms with E-state index in [0.717, 1.165) is 28.3 Å². The summed E-state index contributed by atoms with van der Waals surface area (Å²) in [5.74, 6) is 8.50. The highest BCUT2D eigenvalue weighted by Crippen LogP contribution is 2.31. The minimum atomic E-state index is -0.609. The Labute approximate surface area is 216 Å². The van der Waals surface area contributed by atoms with Crippen LogP contribution in [0.4, 0.5) is 11.6 Å². The topological polar surface area (TPSA) is 150 Å². The van der Waals surface area contributed by atoms with Gasteiger partial charge in [0, 0.05) is 25.9 Å². The molecule has 1 aromatic heterocycles. The number of aliphatic imine (C=N–C) groups is 1. The second-order valence-corrected chi connectivity index (χ2v) is 8.43. The molecule has 0 amide bonds. The maximum absolute atomic E-state index is 9.39. The zero-order valence-electron chi connectivity index (χ0n) is 21.0. The first-order chi connectivity index (χ1) is 18.1. The van der Waals surface area contributed by atoms with Gasteiger partial charge in [0.25, 0.3) is 0 Å². The number of rotatable bonds is 12. The molecule has 6 N–H and O–H groups in total. The Hall–Kier alpha value is -3.77. The molecule has 1 unspecified atom stereocenters. The molecule has 11 heteroatoms. The van der Waals surface area contributed by atoms with Crippen molar-refractivity contribution in [2.24, 2.45) is 10.8 Å². The minimum absolute atomic E-state index is 0.0558. The van der Waals surface area contributed by atoms with Crippen LogP contribution in [0.25, 0.3) is 0 Å². The lowest BCUT2D eigenvalue weighted by molar-refractivity contribution is 0.283. The zero-order valence-corrected chi connectivity index (χ0v) is 21.0. The van der Waals surface area contributed by atoms with E-state index in [-0.39, 0.29) is 13.2 Å². The van der Waals surface area contributed by atoms with Gasteiger partial charge < -0.3 is 25.0 Å². The fraction of sp³-hybridized carbons (Fsp3) is 0.346. The number of aliphatic hydroxyl groups excluding tert-OH is 2. The summed E-state index contributed by atoms with van der Waals surface area (Å²) in [6.07, 6.45) is 0.377. The van der Waals surface area contributed by atoms with Crippen LogP contribution in [0.3, 0.4) is 0 Å². The van der Waals surface area contributed by atoms with E-state index in [2.05, 4.69) is 10.6 Å². The number of hydrogen-bond donors (Lipinski definition) is 5. The molecule has 3 aromatic rings. The Morgan fingerprint density at radius 3 is 2.03 bits per heavy atom. The van der Waals surface area contributed by atoms with Crippen LogP contribution in [-0.2, 0) is 12.8 Å². The van der Waals surface area contributed by atoms with Crippen molar-refractivity contribution < 1.29 is 19.7 Å². The summed E-state index contributed by atoms with van der Waals surface area (Å²) in [6.45, 7) is 0.507. The van der Waals surface area contributed by atoms with Gasteiger partial charge >= 0.3 is 0 Å². The van der Waals surface area contributed by atoms with Crippen molar-refractivity contribution in [2.75, 3.05) is 50.8 Å². The first kappa shape index (κ1) is 26.3. The van der Waals surface area contributed by atoms with Crippen LogP contribution < -0.4 is 31.0 Å². The molecule has 11 nitrogen and oxygen atoms in total. The average molecular weight is 508 g/mol. The molecule has 0 spiro atoms. The monoisotopic (exact) mass is 507 g/mol. The van der Waals surface area contributed by atoms with Crippen LogP contribution in [0.1, 0.15) is 22.5 Å². The van der Waals surface area contributed by atoms with Crippen LogP contribution in [0.15, 0.2) is 53.5 Å². The van der Waals surface area contributed by atoms with Crippen molar-refractivity contribution in [2.45, 2.75) is 19.1 Å². The molecule has 0 aliphatic carbocycles. The normalized spacial score (nSPS) is 14.7. The quantitative estimate of drug-likeness (QED) is 0.225. The molecular formula is C26H33N7O4. The third-order valence-electron chi connectivity index (χ3n) is 5.92. The number of ether oxygens (including phenoxy) is 2. The number of benzene rings is 2. The second kappa shape index (κ2) is 12.5. The van der Waals surface area contributed by atoms with E-state index in [1.165, 1.54) is 5.01 Å². The molecule has 1 aliphatic rings. The Kier molecular flexibility index (Phi) is 8.86. The van der Waals surface area contributed by atoms with E-state index in [4.69, 9.17) is 30.3 Å². The number of aliphatic hydroxyl groups is 2. The average Bonchev–Trinajstić information content (AvgIpc) is 2.93. The fourth-order valence-electron chi connectivity index (χ4n) is 4.08. The number of aromatic nitrogens is 2. The number of hydrogen-bond acceptors (Lipinski definition) is 11. The first-order valence-electron chi connectivity index (χ1n) is 12.0. The maximum atomic E-state index is 9.39. The number of fused-ring (bicyclic) bond motifs is 1. The van der Waals surface area contributed by atoms with Crippen LogP contribution in [0, 0.1) is 0 Å². The Bertz CT molecular complexity index is 1200. The van der Waals surface area contributed by atoms with E-state index in [9.17, 15) is 10.2 Å². The van der Waals surface area contributed by atoms with E-state index in [1.54, 1.807) is 14.2 Å². The first-order valence-corrected chi connectivity index (χ1v) is 12.0. The minimum Gasteiger partial charge on any atom is -0.497 e. The van der Waals surface area contributed by atoms with Gasteiger partial charge in [0.2, 0.25) is 5.95 Å². The summed E-state index contributed by atoms with van der Waals surface area (Å²) in [7, 11) is 3.26. The van der Waals surface area contributed by atoms with Crippen molar-refractivity contribution >= 4 is 17.3 Å². The molecule has 0 bridgehead atoms. The smallest absolute Gasteiger partial charge is 0.223 e. The second-order valence-electron chi connectivity index (χ2n) is 8.43. The van der Waals surface area contributed by atoms with E-state index in [1.807, 2.05) is 48.5 Å². The summed E-state index contributed by atoms with van der Waals surface area (Å²) in [5.41, 5.74) is 4.73. The van der Waals surface area contributed by atoms with E-state index >= 15 is 0 Å². The van der Waals surface area contributed by atoms with Gasteiger partial charge in [-0.15, -0.1) is 0 Å². The summed E-state index contributed by atoms with van der Waals surface area (Å²) < 4.78 is 10.6. The number of anilines is 2. The van der Waals surface area contributed by atoms with Crippen LogP contribution in [0.2, 0.25) is 0 Å². The van der Waals surface area contributed by atoms with Gasteiger partial charge in [-0.2, -0.15) is 0 Å². The largest absolute Gasteiger partial charge is 0.497 e. The molecule has 1 atom stereocenters. The van der Waals surface area contributed by atoms with Crippen molar-refractivity contribution in [1.29, 1.82) is 0 Å². The van der Waals surface area contributed by atoms with E-state index < -0.39 is 6.29 Å². The highest BCUT2D eigenvalue weighted by Gasteiger charge is 2.31. The highest BCUT2D eigenvalue weighted by molar-refractivity contribution is 6.06. The molecule has 0 saturated heterocycles. The van der Waals surface area contributed by atoms with Gasteiger partial charge in [-0.3, -0.25) is 10.3 Å². The summed E-state index contributed by atoms with van der Waals surface area (Å²) in [4.78, 5) is 14.4. The molecular weight excluding hydrogens is 474 g/mol. The lowest BCUT2D eigenvalue weighted by atomic mass is 10.0. The zero-order chi connectivity index (χ0) is 26.2. The highest BCUT2D eigenvalue weighted by atomic mass is 16.5. The predicted molar refractivity (Wildman–Crippen MR) is 142 cm³/mol. The summed E-state index contributed by atoms with van der Waals surface area (Å²) >= 11 is 0. The molecule has 0 saturated carbocycles. The van der Waals surface area contributed by atoms with Crippen molar-refractivity contribution in [3.8, 4) is 11.5 Å². The Morgan fingerprint density at radius 1 is 0.865 bits per heavy atom. The van der Waals surface area contributed by atoms with Gasteiger partial charge in [0.05, 0.1) is 38.8 Å². The number of methoxy groups -OCH3 is 2. The number of nitrogens with one attached hydrogen (secondary N) is 2. The Balaban J connectivity index is 1.78. The number of hydrazine groups is 1. The van der Waals surface area contributed by atoms with Crippen molar-refractivity contribution in [3.63, 3.8) is 0 Å². The number of nitrogens with zero attached hydrogens (tertiary/aromatic N) is 4. The maximum Gasteiger partial charge on any atom is 0.223 e. The third-order valence-corrected chi connectivity index (χ3v) is 5.92. The standard InChI is InChI=1S/C26H33N7O4/c1-36-19-7-3-17(4-8-19)15-21-23-24(33(27)26(31-21)29-12-14-35)22(30-25(32-23)28-11-13-34)16-18-5-9-20(37-2)10-6-18/h3-10,26,29,34-35H,11-16,27H2,1-2H3,(H,28,30,32). The fourth-order valence-corrected chi connectivity index (χ4v) is 4.08. The van der Waals surface area contributed by atoms with E-state index in [0.29, 0.717) is 49.0 Å². The summed E-state index contributed by atoms with van der Waals surface area (Å²) in [5, 5.41) is 26.5. The molecule has 1 aliphatic heterocycles. The van der Waals surface area contributed by atoms with Gasteiger partial charge in [-0.05, 0) is 35.4 Å². The predicted octanol–water partition coefficient (Wildman–Crippen LogP) is 1.08. The summed E-state index contributed by atoms with van der Waals surface area (Å²) in [6, 6.07) is 15.5. The SMILES string of the molecule is COc1ccc(CC2=NC(NCCO)N(N)c3c(Cc4ccc(OC)cc4)nc(NCCO)nc32)cc1. The molecule has 0 fully saturated rings. The molecule has 2 aromatic carbocycles. The van der Waals surface area contributed by atoms with Crippen LogP contribution in [-0.4, -0.2) is 72.7 Å².